The van der Waals surface area contributed by atoms with E-state index in [0.717, 1.165) is 42.6 Å². The molecule has 4 rings (SSSR count). The van der Waals surface area contributed by atoms with Crippen molar-refractivity contribution in [1.82, 2.24) is 5.32 Å². The van der Waals surface area contributed by atoms with Gasteiger partial charge in [-0.1, -0.05) is 42.5 Å². The Bertz CT molecular complexity index is 1060. The third-order valence-corrected chi connectivity index (χ3v) is 6.67. The molecule has 0 atom stereocenters. The molecule has 31 heavy (non-hydrogen) atoms. The highest BCUT2D eigenvalue weighted by molar-refractivity contribution is 7.17. The van der Waals surface area contributed by atoms with Gasteiger partial charge >= 0.3 is 0 Å². The largest absolute Gasteiger partial charge is 0.497 e. The number of amides is 2. The minimum absolute atomic E-state index is 0.102. The van der Waals surface area contributed by atoms with Gasteiger partial charge in [0.25, 0.3) is 5.91 Å². The van der Waals surface area contributed by atoms with Crippen molar-refractivity contribution in [2.45, 2.75) is 32.1 Å². The summed E-state index contributed by atoms with van der Waals surface area (Å²) in [6.45, 7) is 0.562. The van der Waals surface area contributed by atoms with Crippen LogP contribution in [0.1, 0.15) is 38.3 Å². The molecule has 160 valence electrons. The second-order valence-electron chi connectivity index (χ2n) is 7.63. The van der Waals surface area contributed by atoms with E-state index in [1.807, 2.05) is 42.5 Å². The molecule has 0 saturated carbocycles. The number of rotatable bonds is 8. The van der Waals surface area contributed by atoms with Crippen LogP contribution in [-0.2, 0) is 30.5 Å². The first-order chi connectivity index (χ1) is 15.1. The highest BCUT2D eigenvalue weighted by Gasteiger charge is 2.27. The second-order valence-corrected chi connectivity index (χ2v) is 8.73. The Hall–Kier alpha value is -3.12. The number of methoxy groups -OCH3 is 1. The molecule has 0 bridgehead atoms. The average Bonchev–Trinajstić information content (AvgIpc) is 3.35. The summed E-state index contributed by atoms with van der Waals surface area (Å²) in [5.41, 5.74) is 3.83. The first-order valence-corrected chi connectivity index (χ1v) is 11.3. The number of benzene rings is 2. The van der Waals surface area contributed by atoms with Gasteiger partial charge in [0.05, 0.1) is 19.1 Å². The van der Waals surface area contributed by atoms with Crippen molar-refractivity contribution >= 4 is 28.2 Å². The maximum absolute atomic E-state index is 13.0. The number of ether oxygens (including phenoxy) is 1. The van der Waals surface area contributed by atoms with Crippen molar-refractivity contribution in [3.63, 3.8) is 0 Å². The monoisotopic (exact) mass is 434 g/mol. The van der Waals surface area contributed by atoms with E-state index in [1.54, 1.807) is 7.11 Å². The molecule has 0 spiro atoms. The minimum atomic E-state index is -0.122. The van der Waals surface area contributed by atoms with E-state index in [9.17, 15) is 9.59 Å². The van der Waals surface area contributed by atoms with Crippen molar-refractivity contribution in [3.8, 4) is 5.75 Å². The van der Waals surface area contributed by atoms with Gasteiger partial charge in [-0.2, -0.15) is 0 Å². The van der Waals surface area contributed by atoms with Gasteiger partial charge in [-0.05, 0) is 54.5 Å². The van der Waals surface area contributed by atoms with E-state index in [1.165, 1.54) is 21.8 Å². The summed E-state index contributed by atoms with van der Waals surface area (Å²) in [7, 11) is 1.62. The van der Waals surface area contributed by atoms with Gasteiger partial charge in [0.2, 0.25) is 5.91 Å². The molecule has 2 aromatic carbocycles. The SMILES string of the molecule is COc1ccc(CC(=O)Nc2sc3c(c2C(=O)NCCc2ccccc2)CCC3)cc1. The number of fused-ring (bicyclic) bond motifs is 1. The lowest BCUT2D eigenvalue weighted by molar-refractivity contribution is -0.115. The van der Waals surface area contributed by atoms with E-state index in [2.05, 4.69) is 22.8 Å². The molecule has 3 aromatic rings. The predicted octanol–water partition coefficient (Wildman–Crippen LogP) is 4.40. The van der Waals surface area contributed by atoms with Crippen LogP contribution in [0.4, 0.5) is 5.00 Å². The number of nitrogens with one attached hydrogen (secondary N) is 2. The van der Waals surface area contributed by atoms with E-state index in [0.29, 0.717) is 17.1 Å². The fraction of sp³-hybridized carbons (Fsp3) is 0.280. The lowest BCUT2D eigenvalue weighted by Crippen LogP contribution is -2.27. The van der Waals surface area contributed by atoms with E-state index in [4.69, 9.17) is 4.74 Å². The molecule has 0 fully saturated rings. The number of thiophene rings is 1. The summed E-state index contributed by atoms with van der Waals surface area (Å²) in [6.07, 6.45) is 3.95. The molecule has 2 amide bonds. The van der Waals surface area contributed by atoms with Gasteiger partial charge in [0.15, 0.2) is 0 Å². The van der Waals surface area contributed by atoms with Gasteiger partial charge in [-0.15, -0.1) is 11.3 Å². The molecule has 5 nitrogen and oxygen atoms in total. The fourth-order valence-electron chi connectivity index (χ4n) is 3.89. The Balaban J connectivity index is 1.43. The third kappa shape index (κ3) is 5.14. The van der Waals surface area contributed by atoms with Crippen LogP contribution in [-0.4, -0.2) is 25.5 Å². The highest BCUT2D eigenvalue weighted by Crippen LogP contribution is 2.39. The maximum atomic E-state index is 13.0. The van der Waals surface area contributed by atoms with E-state index in [-0.39, 0.29) is 18.2 Å². The lowest BCUT2D eigenvalue weighted by atomic mass is 10.1. The van der Waals surface area contributed by atoms with Crippen LogP contribution in [0.5, 0.6) is 5.75 Å². The van der Waals surface area contributed by atoms with Crippen LogP contribution in [0.15, 0.2) is 54.6 Å². The lowest BCUT2D eigenvalue weighted by Gasteiger charge is -2.10. The van der Waals surface area contributed by atoms with Crippen molar-refractivity contribution in [1.29, 1.82) is 0 Å². The molecule has 0 radical (unpaired) electrons. The molecule has 6 heteroatoms. The molecular formula is C25H26N2O3S. The smallest absolute Gasteiger partial charge is 0.254 e. The van der Waals surface area contributed by atoms with Crippen LogP contribution in [0, 0.1) is 0 Å². The molecule has 0 saturated heterocycles. The van der Waals surface area contributed by atoms with Crippen molar-refractivity contribution in [2.75, 3.05) is 19.0 Å². The Morgan fingerprint density at radius 3 is 2.52 bits per heavy atom. The normalized spacial score (nSPS) is 12.3. The number of hydrogen-bond donors (Lipinski definition) is 2. The standard InChI is InChI=1S/C25H26N2O3S/c1-30-19-12-10-18(11-13-19)16-22(28)27-25-23(20-8-5-9-21(20)31-25)24(29)26-15-14-17-6-3-2-4-7-17/h2-4,6-7,10-13H,5,8-9,14-16H2,1H3,(H,26,29)(H,27,28). The number of aryl methyl sites for hydroxylation is 1. The summed E-state index contributed by atoms with van der Waals surface area (Å²) in [6, 6.07) is 17.5. The molecular weight excluding hydrogens is 408 g/mol. The zero-order chi connectivity index (χ0) is 21.6. The molecule has 1 aliphatic rings. The third-order valence-electron chi connectivity index (χ3n) is 5.47. The number of anilines is 1. The summed E-state index contributed by atoms with van der Waals surface area (Å²) in [5, 5.41) is 6.70. The predicted molar refractivity (Wildman–Crippen MR) is 124 cm³/mol. The highest BCUT2D eigenvalue weighted by atomic mass is 32.1. The molecule has 1 aromatic heterocycles. The minimum Gasteiger partial charge on any atom is -0.497 e. The zero-order valence-electron chi connectivity index (χ0n) is 17.6. The van der Waals surface area contributed by atoms with Crippen LogP contribution >= 0.6 is 11.3 Å². The van der Waals surface area contributed by atoms with Gasteiger partial charge in [0.1, 0.15) is 10.8 Å². The summed E-state index contributed by atoms with van der Waals surface area (Å²) in [5.74, 6) is 0.534. The molecule has 0 unspecified atom stereocenters. The van der Waals surface area contributed by atoms with E-state index >= 15 is 0 Å². The number of carbonyl (C=O) groups is 2. The quantitative estimate of drug-likeness (QED) is 0.552. The Labute approximate surface area is 186 Å². The molecule has 0 aliphatic heterocycles. The summed E-state index contributed by atoms with van der Waals surface area (Å²) >= 11 is 1.54. The van der Waals surface area contributed by atoms with Crippen LogP contribution in [0.2, 0.25) is 0 Å². The van der Waals surface area contributed by atoms with Crippen molar-refractivity contribution in [2.24, 2.45) is 0 Å². The van der Waals surface area contributed by atoms with E-state index < -0.39 is 0 Å². The van der Waals surface area contributed by atoms with Crippen molar-refractivity contribution in [3.05, 3.63) is 81.7 Å². The van der Waals surface area contributed by atoms with Crippen LogP contribution < -0.4 is 15.4 Å². The Kier molecular flexibility index (Phi) is 6.67. The number of hydrogen-bond acceptors (Lipinski definition) is 4. The maximum Gasteiger partial charge on any atom is 0.254 e. The van der Waals surface area contributed by atoms with Gasteiger partial charge in [-0.3, -0.25) is 9.59 Å². The van der Waals surface area contributed by atoms with Crippen LogP contribution in [0.25, 0.3) is 0 Å². The van der Waals surface area contributed by atoms with Gasteiger partial charge in [0, 0.05) is 11.4 Å². The topological polar surface area (TPSA) is 67.4 Å². The first-order valence-electron chi connectivity index (χ1n) is 10.5. The van der Waals surface area contributed by atoms with Crippen LogP contribution in [0.3, 0.4) is 0 Å². The number of carbonyl (C=O) groups excluding carboxylic acids is 2. The molecule has 1 aliphatic carbocycles. The van der Waals surface area contributed by atoms with Gasteiger partial charge in [-0.25, -0.2) is 0 Å². The fourth-order valence-corrected chi connectivity index (χ4v) is 5.19. The molecule has 1 heterocycles. The summed E-state index contributed by atoms with van der Waals surface area (Å²) < 4.78 is 5.16. The molecule has 2 N–H and O–H groups in total. The second kappa shape index (κ2) is 9.79. The first kappa shape index (κ1) is 21.1. The van der Waals surface area contributed by atoms with Gasteiger partial charge < -0.3 is 15.4 Å². The van der Waals surface area contributed by atoms with Crippen molar-refractivity contribution < 1.29 is 14.3 Å². The average molecular weight is 435 g/mol. The summed E-state index contributed by atoms with van der Waals surface area (Å²) in [4.78, 5) is 26.9. The Morgan fingerprint density at radius 1 is 1.00 bits per heavy atom. The Morgan fingerprint density at radius 2 is 1.77 bits per heavy atom. The zero-order valence-corrected chi connectivity index (χ0v) is 18.4.